The fourth-order valence-electron chi connectivity index (χ4n) is 2.40. The van der Waals surface area contributed by atoms with Crippen LogP contribution in [0.1, 0.15) is 13.3 Å². The number of rotatable bonds is 4. The second-order valence-corrected chi connectivity index (χ2v) is 5.26. The summed E-state index contributed by atoms with van der Waals surface area (Å²) in [4.78, 5) is 12.6. The van der Waals surface area contributed by atoms with Crippen LogP contribution in [0.15, 0.2) is 29.4 Å². The first kappa shape index (κ1) is 20.8. The van der Waals surface area contributed by atoms with Crippen LogP contribution in [0.25, 0.3) is 0 Å². The summed E-state index contributed by atoms with van der Waals surface area (Å²) in [5.74, 6) is 1.48. The monoisotopic (exact) mass is 457 g/mol. The van der Waals surface area contributed by atoms with Crippen molar-refractivity contribution in [3.05, 3.63) is 24.4 Å². The number of aromatic nitrogens is 1. The van der Waals surface area contributed by atoms with Crippen LogP contribution < -0.4 is 10.2 Å². The van der Waals surface area contributed by atoms with Crippen LogP contribution in [-0.2, 0) is 0 Å². The summed E-state index contributed by atoms with van der Waals surface area (Å²) < 4.78 is 36.8. The van der Waals surface area contributed by atoms with E-state index in [1.807, 2.05) is 30.0 Å². The predicted octanol–water partition coefficient (Wildman–Crippen LogP) is 2.74. The molecule has 2 rings (SSSR count). The highest BCUT2D eigenvalue weighted by molar-refractivity contribution is 14.0. The zero-order valence-electron chi connectivity index (χ0n) is 13.6. The third-order valence-corrected chi connectivity index (χ3v) is 3.54. The zero-order valence-corrected chi connectivity index (χ0v) is 15.9. The molecule has 0 aromatic carbocycles. The molecule has 1 aromatic heterocycles. The van der Waals surface area contributed by atoms with Crippen molar-refractivity contribution in [1.29, 1.82) is 0 Å². The summed E-state index contributed by atoms with van der Waals surface area (Å²) in [7, 11) is 0. The largest absolute Gasteiger partial charge is 0.390 e. The molecule has 0 bridgehead atoms. The van der Waals surface area contributed by atoms with Crippen molar-refractivity contribution in [2.24, 2.45) is 4.99 Å². The number of hydrogen-bond donors (Lipinski definition) is 1. The molecule has 0 saturated carbocycles. The molecule has 0 amide bonds. The average Bonchev–Trinajstić information content (AvgIpc) is 2.54. The first-order valence-electron chi connectivity index (χ1n) is 7.75. The molecule has 1 aliphatic rings. The van der Waals surface area contributed by atoms with Crippen molar-refractivity contribution in [3.8, 4) is 0 Å². The predicted molar refractivity (Wildman–Crippen MR) is 100 cm³/mol. The minimum Gasteiger partial charge on any atom is -0.357 e. The van der Waals surface area contributed by atoms with Gasteiger partial charge in [0, 0.05) is 38.9 Å². The van der Waals surface area contributed by atoms with Gasteiger partial charge in [-0.3, -0.25) is 4.99 Å². The molecule has 0 spiro atoms. The molecule has 24 heavy (non-hydrogen) atoms. The van der Waals surface area contributed by atoms with Gasteiger partial charge in [0.2, 0.25) is 0 Å². The zero-order chi connectivity index (χ0) is 16.7. The fraction of sp³-hybridized carbons (Fsp3) is 0.600. The number of nitrogens with one attached hydrogen (secondary N) is 1. The van der Waals surface area contributed by atoms with E-state index in [1.54, 1.807) is 6.20 Å². The molecule has 0 aliphatic carbocycles. The Balaban J connectivity index is 0.00000288. The van der Waals surface area contributed by atoms with E-state index in [0.717, 1.165) is 18.9 Å². The van der Waals surface area contributed by atoms with Gasteiger partial charge < -0.3 is 15.1 Å². The molecule has 0 unspecified atom stereocenters. The van der Waals surface area contributed by atoms with Crippen molar-refractivity contribution in [2.45, 2.75) is 19.5 Å². The number of guanidine groups is 1. The highest BCUT2D eigenvalue weighted by Crippen LogP contribution is 2.19. The van der Waals surface area contributed by atoms with E-state index in [2.05, 4.69) is 20.2 Å². The Labute approximate surface area is 157 Å². The molecule has 0 atom stereocenters. The van der Waals surface area contributed by atoms with E-state index in [-0.39, 0.29) is 30.5 Å². The topological polar surface area (TPSA) is 43.8 Å². The van der Waals surface area contributed by atoms with Gasteiger partial charge in [-0.25, -0.2) is 4.98 Å². The van der Waals surface area contributed by atoms with Crippen LogP contribution in [0.4, 0.5) is 19.0 Å². The fourth-order valence-corrected chi connectivity index (χ4v) is 2.40. The molecule has 1 saturated heterocycles. The lowest BCUT2D eigenvalue weighted by Gasteiger charge is -2.37. The van der Waals surface area contributed by atoms with E-state index >= 15 is 0 Å². The van der Waals surface area contributed by atoms with Gasteiger partial charge >= 0.3 is 6.18 Å². The quantitative estimate of drug-likeness (QED) is 0.429. The molecule has 1 fully saturated rings. The van der Waals surface area contributed by atoms with Gasteiger partial charge in [0.15, 0.2) is 5.96 Å². The highest BCUT2D eigenvalue weighted by Gasteiger charge is 2.26. The van der Waals surface area contributed by atoms with Gasteiger partial charge in [-0.1, -0.05) is 6.07 Å². The lowest BCUT2D eigenvalue weighted by Crippen LogP contribution is -2.52. The second kappa shape index (κ2) is 9.90. The van der Waals surface area contributed by atoms with Crippen molar-refractivity contribution in [3.63, 3.8) is 0 Å². The maximum absolute atomic E-state index is 12.3. The van der Waals surface area contributed by atoms with Crippen LogP contribution in [0, 0.1) is 0 Å². The van der Waals surface area contributed by atoms with Crippen LogP contribution >= 0.6 is 24.0 Å². The molecular weight excluding hydrogens is 434 g/mol. The van der Waals surface area contributed by atoms with Gasteiger partial charge in [0.25, 0.3) is 0 Å². The standard InChI is InChI=1S/C15H22F3N5.HI/c1-2-19-14(21-8-6-15(16,17)18)23-11-9-22(10-12-23)13-5-3-4-7-20-13;/h3-5,7H,2,6,8-12H2,1H3,(H,19,21);1H. The Hall–Kier alpha value is -1.26. The van der Waals surface area contributed by atoms with E-state index in [1.165, 1.54) is 0 Å². The Morgan fingerprint density at radius 3 is 2.50 bits per heavy atom. The van der Waals surface area contributed by atoms with Gasteiger partial charge in [0.1, 0.15) is 5.82 Å². The highest BCUT2D eigenvalue weighted by atomic mass is 127. The Bertz CT molecular complexity index is 502. The Morgan fingerprint density at radius 1 is 1.25 bits per heavy atom. The SMILES string of the molecule is CCNC(=NCCC(F)(F)F)N1CCN(c2ccccn2)CC1.I. The van der Waals surface area contributed by atoms with Crippen molar-refractivity contribution in [2.75, 3.05) is 44.2 Å². The van der Waals surface area contributed by atoms with Gasteiger partial charge in [-0.15, -0.1) is 24.0 Å². The van der Waals surface area contributed by atoms with Crippen LogP contribution in [-0.4, -0.2) is 61.3 Å². The third-order valence-electron chi connectivity index (χ3n) is 3.54. The summed E-state index contributed by atoms with van der Waals surface area (Å²) in [5.41, 5.74) is 0. The number of piperazine rings is 1. The number of alkyl halides is 3. The lowest BCUT2D eigenvalue weighted by molar-refractivity contribution is -0.132. The van der Waals surface area contributed by atoms with Crippen LogP contribution in [0.2, 0.25) is 0 Å². The summed E-state index contributed by atoms with van der Waals surface area (Å²) in [6.07, 6.45) is -3.31. The minimum atomic E-state index is -4.17. The molecular formula is C15H23F3IN5. The van der Waals surface area contributed by atoms with Crippen LogP contribution in [0.5, 0.6) is 0 Å². The van der Waals surface area contributed by atoms with Gasteiger partial charge in [-0.05, 0) is 19.1 Å². The lowest BCUT2D eigenvalue weighted by atomic mass is 10.3. The molecule has 2 heterocycles. The summed E-state index contributed by atoms with van der Waals surface area (Å²) >= 11 is 0. The molecule has 5 nitrogen and oxygen atoms in total. The molecule has 1 aromatic rings. The van der Waals surface area contributed by atoms with Crippen molar-refractivity contribution in [1.82, 2.24) is 15.2 Å². The number of hydrogen-bond acceptors (Lipinski definition) is 3. The normalized spacial score (nSPS) is 15.9. The summed E-state index contributed by atoms with van der Waals surface area (Å²) in [5, 5.41) is 3.07. The molecule has 0 radical (unpaired) electrons. The molecule has 136 valence electrons. The van der Waals surface area contributed by atoms with Gasteiger partial charge in [-0.2, -0.15) is 13.2 Å². The summed E-state index contributed by atoms with van der Waals surface area (Å²) in [6, 6.07) is 5.77. The first-order chi connectivity index (χ1) is 11.0. The number of aliphatic imine (C=N–C) groups is 1. The van der Waals surface area contributed by atoms with E-state index in [0.29, 0.717) is 25.6 Å². The van der Waals surface area contributed by atoms with Crippen molar-refractivity contribution >= 4 is 35.8 Å². The minimum absolute atomic E-state index is 0. The number of halogens is 4. The molecule has 1 aliphatic heterocycles. The molecule has 1 N–H and O–H groups in total. The second-order valence-electron chi connectivity index (χ2n) is 5.26. The number of anilines is 1. The van der Waals surface area contributed by atoms with E-state index < -0.39 is 12.6 Å². The Kier molecular flexibility index (Phi) is 8.57. The Morgan fingerprint density at radius 2 is 1.96 bits per heavy atom. The molecule has 9 heteroatoms. The van der Waals surface area contributed by atoms with Crippen LogP contribution in [0.3, 0.4) is 0 Å². The number of nitrogens with zero attached hydrogens (tertiary/aromatic N) is 4. The smallest absolute Gasteiger partial charge is 0.357 e. The van der Waals surface area contributed by atoms with E-state index in [4.69, 9.17) is 0 Å². The maximum atomic E-state index is 12.3. The third kappa shape index (κ3) is 6.70. The van der Waals surface area contributed by atoms with Gasteiger partial charge in [0.05, 0.1) is 13.0 Å². The average molecular weight is 457 g/mol. The summed E-state index contributed by atoms with van der Waals surface area (Å²) in [6.45, 7) is 5.23. The first-order valence-corrected chi connectivity index (χ1v) is 7.75. The van der Waals surface area contributed by atoms with E-state index in [9.17, 15) is 13.2 Å². The van der Waals surface area contributed by atoms with Crippen molar-refractivity contribution < 1.29 is 13.2 Å². The number of pyridine rings is 1. The maximum Gasteiger partial charge on any atom is 0.390 e.